The molecule has 0 aromatic rings. The van der Waals surface area contributed by atoms with Gasteiger partial charge in [0.2, 0.25) is 5.91 Å². The van der Waals surface area contributed by atoms with E-state index in [0.29, 0.717) is 37.8 Å². The number of imide groups is 1. The van der Waals surface area contributed by atoms with E-state index in [1.165, 1.54) is 70.6 Å². The quantitative estimate of drug-likeness (QED) is 0.0497. The number of carbonyl (C=O) groups excluding carboxylic acids is 4. The fraction of sp³-hybridized carbons (Fsp3) is 0.879. The minimum absolute atomic E-state index is 0.127. The average Bonchev–Trinajstić information content (AvgIpc) is 3.31. The number of hydroxylamine groups is 2. The molecule has 0 unspecified atom stereocenters. The van der Waals surface area contributed by atoms with Crippen molar-refractivity contribution in [3.05, 3.63) is 0 Å². The highest BCUT2D eigenvalue weighted by Gasteiger charge is 2.39. The van der Waals surface area contributed by atoms with Crippen LogP contribution in [-0.2, 0) is 37.3 Å². The Labute approximate surface area is 268 Å². The molecule has 1 saturated heterocycles. The number of nitrogens with one attached hydrogen (secondary N) is 1. The Balaban J connectivity index is 1.83. The molecule has 256 valence electrons. The summed E-state index contributed by atoms with van der Waals surface area (Å²) in [5, 5.41) is 3.66. The van der Waals surface area contributed by atoms with E-state index in [9.17, 15) is 19.2 Å². The molecule has 0 saturated carbocycles. The lowest BCUT2D eigenvalue weighted by molar-refractivity contribution is -0.197. The SMILES string of the molecule is CCO[Si](CCCNC(=O)CCCCCCCCCCCCCCCCCCC(=O)ON1C(=O)CCC1=O)(OCC)OCC. The molecule has 1 aliphatic heterocycles. The summed E-state index contributed by atoms with van der Waals surface area (Å²) in [6, 6.07) is 0.725. The first-order valence-electron chi connectivity index (χ1n) is 17.6. The molecular formula is C33H62N2O8Si. The van der Waals surface area contributed by atoms with E-state index in [2.05, 4.69) is 5.32 Å². The molecule has 0 aromatic carbocycles. The maximum absolute atomic E-state index is 12.2. The van der Waals surface area contributed by atoms with Gasteiger partial charge in [-0.15, -0.1) is 5.06 Å². The van der Waals surface area contributed by atoms with Gasteiger partial charge < -0.3 is 23.4 Å². The van der Waals surface area contributed by atoms with Crippen molar-refractivity contribution in [1.82, 2.24) is 10.4 Å². The van der Waals surface area contributed by atoms with Crippen LogP contribution in [0.5, 0.6) is 0 Å². The smallest absolute Gasteiger partial charge is 0.374 e. The molecule has 11 heteroatoms. The van der Waals surface area contributed by atoms with Crippen molar-refractivity contribution in [2.75, 3.05) is 26.4 Å². The molecule has 0 atom stereocenters. The molecular weight excluding hydrogens is 580 g/mol. The molecule has 1 fully saturated rings. The molecule has 1 heterocycles. The van der Waals surface area contributed by atoms with Crippen molar-refractivity contribution in [3.8, 4) is 0 Å². The molecule has 0 spiro atoms. The largest absolute Gasteiger partial charge is 0.500 e. The first kappa shape index (κ1) is 40.2. The average molecular weight is 643 g/mol. The number of hydrogen-bond acceptors (Lipinski definition) is 8. The van der Waals surface area contributed by atoms with Gasteiger partial charge in [0.25, 0.3) is 11.8 Å². The highest BCUT2D eigenvalue weighted by atomic mass is 28.4. The third-order valence-electron chi connectivity index (χ3n) is 7.81. The molecule has 3 amide bonds. The topological polar surface area (TPSA) is 120 Å². The van der Waals surface area contributed by atoms with E-state index >= 15 is 0 Å². The zero-order valence-corrected chi connectivity index (χ0v) is 29.1. The predicted molar refractivity (Wildman–Crippen MR) is 173 cm³/mol. The van der Waals surface area contributed by atoms with Gasteiger partial charge in [-0.25, -0.2) is 4.79 Å². The van der Waals surface area contributed by atoms with Gasteiger partial charge in [-0.3, -0.25) is 14.4 Å². The van der Waals surface area contributed by atoms with Crippen LogP contribution in [0.15, 0.2) is 0 Å². The maximum Gasteiger partial charge on any atom is 0.500 e. The lowest BCUT2D eigenvalue weighted by Crippen LogP contribution is -2.46. The van der Waals surface area contributed by atoms with Crippen molar-refractivity contribution in [2.24, 2.45) is 0 Å². The lowest BCUT2D eigenvalue weighted by Gasteiger charge is -2.28. The highest BCUT2D eigenvalue weighted by Crippen LogP contribution is 2.18. The predicted octanol–water partition coefficient (Wildman–Crippen LogP) is 7.17. The van der Waals surface area contributed by atoms with Gasteiger partial charge >= 0.3 is 14.8 Å². The second-order valence-corrected chi connectivity index (χ2v) is 14.4. The Morgan fingerprint density at radius 1 is 0.614 bits per heavy atom. The van der Waals surface area contributed by atoms with Crippen LogP contribution in [-0.4, -0.2) is 63.9 Å². The number of nitrogens with zero attached hydrogens (tertiary/aromatic N) is 1. The van der Waals surface area contributed by atoms with Crippen LogP contribution in [0.4, 0.5) is 0 Å². The third-order valence-corrected chi connectivity index (χ3v) is 11.0. The second kappa shape index (κ2) is 26.4. The van der Waals surface area contributed by atoms with Crippen molar-refractivity contribution in [2.45, 2.75) is 162 Å². The first-order chi connectivity index (χ1) is 21.4. The number of rotatable bonds is 30. The van der Waals surface area contributed by atoms with Gasteiger partial charge in [0, 0.05) is 58.1 Å². The van der Waals surface area contributed by atoms with E-state index in [-0.39, 0.29) is 25.2 Å². The van der Waals surface area contributed by atoms with Crippen molar-refractivity contribution in [1.29, 1.82) is 0 Å². The summed E-state index contributed by atoms with van der Waals surface area (Å²) < 4.78 is 17.6. The standard InChI is InChI=1S/C33H62N2O8Si/c1-4-40-44(41-5-2,42-6-3)29-23-28-34-30(36)24-21-19-17-15-13-11-9-7-8-10-12-14-16-18-20-22-25-33(39)43-35-31(37)26-27-32(35)38/h4-29H2,1-3H3,(H,34,36). The van der Waals surface area contributed by atoms with Crippen LogP contribution < -0.4 is 5.32 Å². The molecule has 10 nitrogen and oxygen atoms in total. The normalized spacial score (nSPS) is 13.6. The second-order valence-electron chi connectivity index (χ2n) is 11.6. The Morgan fingerprint density at radius 2 is 1.00 bits per heavy atom. The molecule has 0 radical (unpaired) electrons. The van der Waals surface area contributed by atoms with E-state index in [4.69, 9.17) is 18.1 Å². The maximum atomic E-state index is 12.2. The zero-order chi connectivity index (χ0) is 32.3. The number of unbranched alkanes of at least 4 members (excludes halogenated alkanes) is 15. The van der Waals surface area contributed by atoms with Gasteiger partial charge in [0.1, 0.15) is 0 Å². The van der Waals surface area contributed by atoms with Gasteiger partial charge in [-0.1, -0.05) is 89.9 Å². The number of amides is 3. The number of carbonyl (C=O) groups is 4. The van der Waals surface area contributed by atoms with E-state index in [0.717, 1.165) is 44.6 Å². The third kappa shape index (κ3) is 19.5. The summed E-state index contributed by atoms with van der Waals surface area (Å²) in [6.07, 6.45) is 20.7. The summed E-state index contributed by atoms with van der Waals surface area (Å²) in [7, 11) is -2.62. The molecule has 44 heavy (non-hydrogen) atoms. The van der Waals surface area contributed by atoms with E-state index in [1.54, 1.807) is 0 Å². The monoisotopic (exact) mass is 642 g/mol. The Bertz CT molecular complexity index is 765. The molecule has 1 rings (SSSR count). The summed E-state index contributed by atoms with van der Waals surface area (Å²) in [4.78, 5) is 51.8. The fourth-order valence-electron chi connectivity index (χ4n) is 5.46. The summed E-state index contributed by atoms with van der Waals surface area (Å²) in [5.41, 5.74) is 0. The van der Waals surface area contributed by atoms with Crippen molar-refractivity contribution in [3.63, 3.8) is 0 Å². The molecule has 0 aromatic heterocycles. The molecule has 1 aliphatic rings. The van der Waals surface area contributed by atoms with Crippen LogP contribution in [0.25, 0.3) is 0 Å². The Hall–Kier alpha value is -1.82. The van der Waals surface area contributed by atoms with Crippen LogP contribution >= 0.6 is 0 Å². The molecule has 1 N–H and O–H groups in total. The van der Waals surface area contributed by atoms with Crippen molar-refractivity contribution >= 4 is 32.5 Å². The van der Waals surface area contributed by atoms with Crippen LogP contribution in [0, 0.1) is 0 Å². The van der Waals surface area contributed by atoms with Crippen LogP contribution in [0.2, 0.25) is 6.04 Å². The minimum Gasteiger partial charge on any atom is -0.374 e. The molecule has 0 bridgehead atoms. The van der Waals surface area contributed by atoms with E-state index in [1.807, 2.05) is 20.8 Å². The highest BCUT2D eigenvalue weighted by molar-refractivity contribution is 6.60. The van der Waals surface area contributed by atoms with Crippen LogP contribution in [0.3, 0.4) is 0 Å². The van der Waals surface area contributed by atoms with Gasteiger partial charge in [-0.05, 0) is 40.0 Å². The Morgan fingerprint density at radius 3 is 1.41 bits per heavy atom. The summed E-state index contributed by atoms with van der Waals surface area (Å²) in [6.45, 7) is 8.23. The van der Waals surface area contributed by atoms with E-state index < -0.39 is 26.6 Å². The summed E-state index contributed by atoms with van der Waals surface area (Å²) in [5.74, 6) is -1.21. The van der Waals surface area contributed by atoms with Gasteiger partial charge in [0.05, 0.1) is 0 Å². The number of hydrogen-bond donors (Lipinski definition) is 1. The Kier molecular flexibility index (Phi) is 24.1. The zero-order valence-electron chi connectivity index (χ0n) is 28.1. The molecule has 0 aliphatic carbocycles. The van der Waals surface area contributed by atoms with Crippen molar-refractivity contribution < 1.29 is 37.3 Å². The lowest BCUT2D eigenvalue weighted by atomic mass is 10.0. The fourth-order valence-corrected chi connectivity index (χ4v) is 8.07. The van der Waals surface area contributed by atoms with Crippen LogP contribution in [0.1, 0.15) is 156 Å². The minimum atomic E-state index is -2.62. The van der Waals surface area contributed by atoms with Gasteiger partial charge in [0.15, 0.2) is 0 Å². The van der Waals surface area contributed by atoms with Gasteiger partial charge in [-0.2, -0.15) is 0 Å². The first-order valence-corrected chi connectivity index (χ1v) is 19.6. The summed E-state index contributed by atoms with van der Waals surface area (Å²) >= 11 is 0.